The molecule has 0 aliphatic rings. The van der Waals surface area contributed by atoms with Gasteiger partial charge in [-0.05, 0) is 35.8 Å². The summed E-state index contributed by atoms with van der Waals surface area (Å²) in [6.45, 7) is 1.98. The first-order chi connectivity index (χ1) is 10.0. The highest BCUT2D eigenvalue weighted by atomic mass is 32.2. The first kappa shape index (κ1) is 15.9. The van der Waals surface area contributed by atoms with E-state index in [1.165, 1.54) is 47.6 Å². The number of aryl methyl sites for hydroxylation is 1. The highest BCUT2D eigenvalue weighted by molar-refractivity contribution is 8.02. The summed E-state index contributed by atoms with van der Waals surface area (Å²) in [5.41, 5.74) is 0.448. The molecule has 0 amide bonds. The fraction of sp³-hybridized carbons (Fsp3) is 0.308. The minimum atomic E-state index is -3.33. The van der Waals surface area contributed by atoms with Crippen LogP contribution < -0.4 is 0 Å². The van der Waals surface area contributed by atoms with Crippen molar-refractivity contribution >= 4 is 33.1 Å². The van der Waals surface area contributed by atoms with Gasteiger partial charge in [0.1, 0.15) is 5.82 Å². The second kappa shape index (κ2) is 7.02. The molecule has 21 heavy (non-hydrogen) atoms. The Bertz CT molecular complexity index is 746. The van der Waals surface area contributed by atoms with E-state index in [0.717, 1.165) is 16.6 Å². The molecular formula is C13H13N3O2S3. The Balaban J connectivity index is 1.96. The van der Waals surface area contributed by atoms with E-state index >= 15 is 0 Å². The molecule has 0 saturated carbocycles. The van der Waals surface area contributed by atoms with Crippen molar-refractivity contribution in [2.75, 3.05) is 11.5 Å². The van der Waals surface area contributed by atoms with Crippen molar-refractivity contribution in [1.82, 2.24) is 9.36 Å². The lowest BCUT2D eigenvalue weighted by Gasteiger charge is -2.03. The van der Waals surface area contributed by atoms with Crippen molar-refractivity contribution in [3.63, 3.8) is 0 Å². The Kier molecular flexibility index (Phi) is 5.33. The lowest BCUT2D eigenvalue weighted by atomic mass is 10.2. The van der Waals surface area contributed by atoms with Gasteiger partial charge in [0.25, 0.3) is 0 Å². The van der Waals surface area contributed by atoms with Gasteiger partial charge in [-0.3, -0.25) is 0 Å². The van der Waals surface area contributed by atoms with E-state index in [4.69, 9.17) is 5.26 Å². The van der Waals surface area contributed by atoms with E-state index in [2.05, 4.69) is 9.36 Å². The van der Waals surface area contributed by atoms with Crippen LogP contribution in [0.25, 0.3) is 0 Å². The zero-order valence-electron chi connectivity index (χ0n) is 11.3. The number of hydrogen-bond acceptors (Lipinski definition) is 7. The van der Waals surface area contributed by atoms with Gasteiger partial charge in [0.15, 0.2) is 14.2 Å². The lowest BCUT2D eigenvalue weighted by Crippen LogP contribution is -2.08. The first-order valence-electron chi connectivity index (χ1n) is 6.23. The molecule has 1 aromatic carbocycles. The molecule has 0 spiro atoms. The highest BCUT2D eigenvalue weighted by Crippen LogP contribution is 2.22. The Morgan fingerprint density at radius 1 is 1.33 bits per heavy atom. The summed E-state index contributed by atoms with van der Waals surface area (Å²) >= 11 is 2.70. The van der Waals surface area contributed by atoms with E-state index in [-0.39, 0.29) is 10.6 Å². The summed E-state index contributed by atoms with van der Waals surface area (Å²) in [7, 11) is -3.33. The number of rotatable bonds is 6. The normalized spacial score (nSPS) is 11.2. The lowest BCUT2D eigenvalue weighted by molar-refractivity contribution is 0.597. The highest BCUT2D eigenvalue weighted by Gasteiger charge is 2.15. The van der Waals surface area contributed by atoms with Crippen LogP contribution in [-0.2, 0) is 16.3 Å². The van der Waals surface area contributed by atoms with Crippen molar-refractivity contribution in [2.24, 2.45) is 0 Å². The van der Waals surface area contributed by atoms with Crippen molar-refractivity contribution < 1.29 is 8.42 Å². The van der Waals surface area contributed by atoms with Gasteiger partial charge >= 0.3 is 0 Å². The van der Waals surface area contributed by atoms with Crippen LogP contribution in [-0.4, -0.2) is 29.3 Å². The van der Waals surface area contributed by atoms with Crippen LogP contribution in [0.15, 0.2) is 33.5 Å². The fourth-order valence-electron chi connectivity index (χ4n) is 1.53. The fourth-order valence-corrected chi connectivity index (χ4v) is 4.95. The van der Waals surface area contributed by atoms with Crippen molar-refractivity contribution in [3.8, 4) is 6.07 Å². The number of nitriles is 1. The van der Waals surface area contributed by atoms with Crippen LogP contribution in [0.4, 0.5) is 0 Å². The minimum Gasteiger partial charge on any atom is -0.224 e. The smallest absolute Gasteiger partial charge is 0.179 e. The molecule has 0 bridgehead atoms. The molecule has 0 radical (unpaired) electrons. The maximum absolute atomic E-state index is 12.2. The summed E-state index contributed by atoms with van der Waals surface area (Å²) in [6.07, 6.45) is 0.778. The molecule has 2 rings (SSSR count). The molecule has 110 valence electrons. The number of thioether (sulfide) groups is 1. The number of hydrogen-bond donors (Lipinski definition) is 0. The van der Waals surface area contributed by atoms with Crippen LogP contribution in [0.3, 0.4) is 0 Å². The van der Waals surface area contributed by atoms with Gasteiger partial charge in [-0.25, -0.2) is 13.4 Å². The molecule has 0 atom stereocenters. The Morgan fingerprint density at radius 2 is 2.05 bits per heavy atom. The van der Waals surface area contributed by atoms with Gasteiger partial charge in [0, 0.05) is 12.2 Å². The predicted molar refractivity (Wildman–Crippen MR) is 83.2 cm³/mol. The van der Waals surface area contributed by atoms with Gasteiger partial charge in [0.05, 0.1) is 22.3 Å². The standard InChI is InChI=1S/C13H13N3O2S3/c1-2-12-15-13(20-16-12)19-7-8-21(17,18)11-5-3-10(9-14)4-6-11/h3-6H,2,7-8H2,1H3. The maximum Gasteiger partial charge on any atom is 0.179 e. The summed E-state index contributed by atoms with van der Waals surface area (Å²) < 4.78 is 29.3. The van der Waals surface area contributed by atoms with Crippen LogP contribution >= 0.6 is 23.3 Å². The van der Waals surface area contributed by atoms with Crippen LogP contribution in [0.5, 0.6) is 0 Å². The van der Waals surface area contributed by atoms with Gasteiger partial charge in [0.2, 0.25) is 0 Å². The molecular weight excluding hydrogens is 326 g/mol. The molecule has 1 aromatic heterocycles. The van der Waals surface area contributed by atoms with Crippen LogP contribution in [0.1, 0.15) is 18.3 Å². The second-order valence-electron chi connectivity index (χ2n) is 4.13. The van der Waals surface area contributed by atoms with Gasteiger partial charge in [-0.1, -0.05) is 18.7 Å². The zero-order chi connectivity index (χ0) is 15.3. The summed E-state index contributed by atoms with van der Waals surface area (Å²) in [5, 5.41) is 8.71. The van der Waals surface area contributed by atoms with Crippen molar-refractivity contribution in [3.05, 3.63) is 35.7 Å². The van der Waals surface area contributed by atoms with Crippen molar-refractivity contribution in [1.29, 1.82) is 5.26 Å². The topological polar surface area (TPSA) is 83.7 Å². The Labute approximate surface area is 132 Å². The molecule has 0 aliphatic heterocycles. The van der Waals surface area contributed by atoms with E-state index in [1.54, 1.807) is 0 Å². The average Bonchev–Trinajstić information content (AvgIpc) is 2.95. The van der Waals surface area contributed by atoms with Gasteiger partial charge in [-0.2, -0.15) is 9.64 Å². The Hall–Kier alpha value is -1.43. The maximum atomic E-state index is 12.2. The molecule has 0 fully saturated rings. The monoisotopic (exact) mass is 339 g/mol. The third kappa shape index (κ3) is 4.27. The van der Waals surface area contributed by atoms with Gasteiger partial charge < -0.3 is 0 Å². The molecule has 8 heteroatoms. The largest absolute Gasteiger partial charge is 0.224 e. The van der Waals surface area contributed by atoms with E-state index in [0.29, 0.717) is 11.3 Å². The zero-order valence-corrected chi connectivity index (χ0v) is 13.8. The van der Waals surface area contributed by atoms with E-state index in [1.807, 2.05) is 13.0 Å². The van der Waals surface area contributed by atoms with Crippen LogP contribution in [0, 0.1) is 11.3 Å². The third-order valence-electron chi connectivity index (χ3n) is 2.69. The summed E-state index contributed by atoms with van der Waals surface area (Å²) in [5.74, 6) is 1.25. The molecule has 2 aromatic rings. The number of sulfone groups is 1. The number of nitrogens with zero attached hydrogens (tertiary/aromatic N) is 3. The minimum absolute atomic E-state index is 0.0323. The SMILES string of the molecule is CCc1nsc(SCCS(=O)(=O)c2ccc(C#N)cc2)n1. The molecule has 0 N–H and O–H groups in total. The van der Waals surface area contributed by atoms with E-state index in [9.17, 15) is 8.42 Å². The number of benzene rings is 1. The van der Waals surface area contributed by atoms with E-state index < -0.39 is 9.84 Å². The quantitative estimate of drug-likeness (QED) is 0.752. The Morgan fingerprint density at radius 3 is 2.62 bits per heavy atom. The molecule has 0 saturated heterocycles. The summed E-state index contributed by atoms with van der Waals surface area (Å²) in [6, 6.07) is 7.93. The molecule has 0 aliphatic carbocycles. The third-order valence-corrected chi connectivity index (χ3v) is 6.55. The van der Waals surface area contributed by atoms with Gasteiger partial charge in [-0.15, -0.1) is 0 Å². The van der Waals surface area contributed by atoms with Crippen LogP contribution in [0.2, 0.25) is 0 Å². The van der Waals surface area contributed by atoms with Crippen molar-refractivity contribution in [2.45, 2.75) is 22.6 Å². The number of aromatic nitrogens is 2. The molecule has 5 nitrogen and oxygen atoms in total. The molecule has 1 heterocycles. The average molecular weight is 339 g/mol. The second-order valence-corrected chi connectivity index (χ2v) is 8.34. The first-order valence-corrected chi connectivity index (χ1v) is 9.64. The molecule has 0 unspecified atom stereocenters. The summed E-state index contributed by atoms with van der Waals surface area (Å²) in [4.78, 5) is 4.53. The predicted octanol–water partition coefficient (Wildman–Crippen LogP) is 2.54.